The smallest absolute Gasteiger partial charge is 0.258 e. The maximum atomic E-state index is 12.2. The van der Waals surface area contributed by atoms with Crippen LogP contribution in [0.1, 0.15) is 31.6 Å². The zero-order valence-corrected chi connectivity index (χ0v) is 14.6. The molecule has 0 bridgehead atoms. The van der Waals surface area contributed by atoms with Crippen LogP contribution in [0.25, 0.3) is 10.9 Å². The number of benzene rings is 1. The van der Waals surface area contributed by atoms with Crippen LogP contribution < -0.4 is 10.3 Å². The van der Waals surface area contributed by atoms with Crippen molar-refractivity contribution in [2.45, 2.75) is 31.8 Å². The Balaban J connectivity index is 1.74. The molecule has 1 aliphatic rings. The number of nitrogens with one attached hydrogen (secondary N) is 2. The number of aromatic nitrogens is 2. The summed E-state index contributed by atoms with van der Waals surface area (Å²) in [6, 6.07) is 7.24. The second kappa shape index (κ2) is 6.62. The Morgan fingerprint density at radius 2 is 1.96 bits per heavy atom. The van der Waals surface area contributed by atoms with E-state index in [2.05, 4.69) is 19.6 Å². The molecule has 2 heterocycles. The number of aromatic amines is 1. The SMILES string of the molecule is CC(c1nc2ccccc2c(=O)[nH]1)N1CCC(NS(C)(=O)=O)CC1. The summed E-state index contributed by atoms with van der Waals surface area (Å²) in [5.41, 5.74) is 0.563. The van der Waals surface area contributed by atoms with Crippen molar-refractivity contribution in [3.8, 4) is 0 Å². The molecule has 1 fully saturated rings. The van der Waals surface area contributed by atoms with E-state index < -0.39 is 10.0 Å². The standard InChI is InChI=1S/C16H22N4O3S/c1-11(20-9-7-12(8-10-20)19-24(2,22)23)15-17-14-6-4-3-5-13(14)16(21)18-15/h3-6,11-12,19H,7-10H2,1-2H3,(H,17,18,21). The Morgan fingerprint density at radius 3 is 2.62 bits per heavy atom. The van der Waals surface area contributed by atoms with Crippen molar-refractivity contribution < 1.29 is 8.42 Å². The Labute approximate surface area is 141 Å². The summed E-state index contributed by atoms with van der Waals surface area (Å²) in [4.78, 5) is 21.9. The number of rotatable bonds is 4. The van der Waals surface area contributed by atoms with E-state index in [1.165, 1.54) is 6.26 Å². The molecule has 1 aromatic heterocycles. The number of fused-ring (bicyclic) bond motifs is 1. The molecule has 1 unspecified atom stereocenters. The van der Waals surface area contributed by atoms with Crippen LogP contribution in [-0.4, -0.2) is 48.7 Å². The fourth-order valence-electron chi connectivity index (χ4n) is 3.18. The van der Waals surface area contributed by atoms with Crippen LogP contribution >= 0.6 is 0 Å². The summed E-state index contributed by atoms with van der Waals surface area (Å²) < 4.78 is 25.3. The highest BCUT2D eigenvalue weighted by Crippen LogP contribution is 2.22. The predicted molar refractivity (Wildman–Crippen MR) is 93.4 cm³/mol. The lowest BCUT2D eigenvalue weighted by Gasteiger charge is -2.35. The van der Waals surface area contributed by atoms with Gasteiger partial charge in [0.15, 0.2) is 0 Å². The van der Waals surface area contributed by atoms with Crippen molar-refractivity contribution in [3.63, 3.8) is 0 Å². The van der Waals surface area contributed by atoms with Gasteiger partial charge in [-0.1, -0.05) is 12.1 Å². The third kappa shape index (κ3) is 3.82. The molecule has 0 amide bonds. The van der Waals surface area contributed by atoms with Crippen molar-refractivity contribution in [3.05, 3.63) is 40.4 Å². The first kappa shape index (κ1) is 17.1. The van der Waals surface area contributed by atoms with Crippen LogP contribution in [0.15, 0.2) is 29.1 Å². The first-order valence-corrected chi connectivity index (χ1v) is 9.93. The van der Waals surface area contributed by atoms with E-state index >= 15 is 0 Å². The first-order chi connectivity index (χ1) is 11.3. The van der Waals surface area contributed by atoms with Crippen LogP contribution in [0.3, 0.4) is 0 Å². The van der Waals surface area contributed by atoms with Crippen LogP contribution in [0.4, 0.5) is 0 Å². The summed E-state index contributed by atoms with van der Waals surface area (Å²) in [6.45, 7) is 3.52. The van der Waals surface area contributed by atoms with E-state index in [4.69, 9.17) is 0 Å². The molecule has 8 heteroatoms. The van der Waals surface area contributed by atoms with Gasteiger partial charge in [0, 0.05) is 19.1 Å². The van der Waals surface area contributed by atoms with E-state index in [0.717, 1.165) is 25.9 Å². The molecule has 3 rings (SSSR count). The fourth-order valence-corrected chi connectivity index (χ4v) is 4.02. The summed E-state index contributed by atoms with van der Waals surface area (Å²) in [5, 5.41) is 0.588. The van der Waals surface area contributed by atoms with Gasteiger partial charge < -0.3 is 4.98 Å². The quantitative estimate of drug-likeness (QED) is 0.858. The molecule has 0 radical (unpaired) electrons. The Kier molecular flexibility index (Phi) is 4.71. The minimum Gasteiger partial charge on any atom is -0.309 e. The molecule has 1 atom stereocenters. The normalized spacial score (nSPS) is 18.8. The highest BCUT2D eigenvalue weighted by molar-refractivity contribution is 7.88. The zero-order valence-electron chi connectivity index (χ0n) is 13.8. The lowest BCUT2D eigenvalue weighted by Crippen LogP contribution is -2.45. The number of para-hydroxylation sites is 1. The van der Waals surface area contributed by atoms with Crippen molar-refractivity contribution in [1.29, 1.82) is 0 Å². The lowest BCUT2D eigenvalue weighted by atomic mass is 10.0. The zero-order chi connectivity index (χ0) is 17.3. The van der Waals surface area contributed by atoms with Gasteiger partial charge in [0.25, 0.3) is 5.56 Å². The Bertz CT molecular complexity index is 886. The third-order valence-corrected chi connectivity index (χ3v) is 5.25. The van der Waals surface area contributed by atoms with Crippen molar-refractivity contribution >= 4 is 20.9 Å². The average molecular weight is 350 g/mol. The molecule has 130 valence electrons. The fraction of sp³-hybridized carbons (Fsp3) is 0.500. The van der Waals surface area contributed by atoms with Crippen LogP contribution in [-0.2, 0) is 10.0 Å². The molecule has 0 spiro atoms. The maximum Gasteiger partial charge on any atom is 0.258 e. The van der Waals surface area contributed by atoms with Gasteiger partial charge in [0.2, 0.25) is 10.0 Å². The summed E-state index contributed by atoms with van der Waals surface area (Å²) in [5.74, 6) is 0.647. The molecule has 2 aromatic rings. The van der Waals surface area contributed by atoms with Gasteiger partial charge in [-0.2, -0.15) is 0 Å². The minimum atomic E-state index is -3.17. The number of nitrogens with zero attached hydrogens (tertiary/aromatic N) is 2. The number of piperidine rings is 1. The lowest BCUT2D eigenvalue weighted by molar-refractivity contribution is 0.154. The van der Waals surface area contributed by atoms with E-state index in [1.54, 1.807) is 6.07 Å². The third-order valence-electron chi connectivity index (χ3n) is 4.48. The molecule has 2 N–H and O–H groups in total. The maximum absolute atomic E-state index is 12.2. The molecule has 24 heavy (non-hydrogen) atoms. The van der Waals surface area contributed by atoms with E-state index in [9.17, 15) is 13.2 Å². The molecule has 1 aliphatic heterocycles. The van der Waals surface area contributed by atoms with Gasteiger partial charge >= 0.3 is 0 Å². The largest absolute Gasteiger partial charge is 0.309 e. The predicted octanol–water partition coefficient (Wildman–Crippen LogP) is 0.998. The van der Waals surface area contributed by atoms with Gasteiger partial charge in [-0.3, -0.25) is 9.69 Å². The number of H-pyrrole nitrogens is 1. The number of hydrogen-bond donors (Lipinski definition) is 2. The highest BCUT2D eigenvalue weighted by Gasteiger charge is 2.26. The number of sulfonamides is 1. The number of hydrogen-bond acceptors (Lipinski definition) is 5. The van der Waals surface area contributed by atoms with Crippen molar-refractivity contribution in [1.82, 2.24) is 19.6 Å². The van der Waals surface area contributed by atoms with E-state index in [-0.39, 0.29) is 17.6 Å². The van der Waals surface area contributed by atoms with E-state index in [1.807, 2.05) is 25.1 Å². The van der Waals surface area contributed by atoms with Gasteiger partial charge in [0.05, 0.1) is 23.2 Å². The molecule has 7 nitrogen and oxygen atoms in total. The molecular formula is C16H22N4O3S. The van der Waals surface area contributed by atoms with E-state index in [0.29, 0.717) is 16.7 Å². The average Bonchev–Trinajstić information content (AvgIpc) is 2.53. The van der Waals surface area contributed by atoms with Gasteiger partial charge in [0.1, 0.15) is 5.82 Å². The Morgan fingerprint density at radius 1 is 1.29 bits per heavy atom. The first-order valence-electron chi connectivity index (χ1n) is 8.04. The highest BCUT2D eigenvalue weighted by atomic mass is 32.2. The summed E-state index contributed by atoms with van der Waals surface area (Å²) >= 11 is 0. The molecule has 0 aliphatic carbocycles. The van der Waals surface area contributed by atoms with Crippen LogP contribution in [0, 0.1) is 0 Å². The summed E-state index contributed by atoms with van der Waals surface area (Å²) in [7, 11) is -3.17. The molecular weight excluding hydrogens is 328 g/mol. The van der Waals surface area contributed by atoms with Gasteiger partial charge in [-0.15, -0.1) is 0 Å². The molecule has 1 saturated heterocycles. The Hall–Kier alpha value is -1.77. The molecule has 0 saturated carbocycles. The summed E-state index contributed by atoms with van der Waals surface area (Å²) in [6.07, 6.45) is 2.68. The second-order valence-corrected chi connectivity index (χ2v) is 8.12. The van der Waals surface area contributed by atoms with Crippen LogP contribution in [0.5, 0.6) is 0 Å². The van der Waals surface area contributed by atoms with Crippen LogP contribution in [0.2, 0.25) is 0 Å². The monoisotopic (exact) mass is 350 g/mol. The number of likely N-dealkylation sites (tertiary alicyclic amines) is 1. The second-order valence-electron chi connectivity index (χ2n) is 6.34. The van der Waals surface area contributed by atoms with Gasteiger partial charge in [-0.25, -0.2) is 18.1 Å². The van der Waals surface area contributed by atoms with Crippen molar-refractivity contribution in [2.24, 2.45) is 0 Å². The topological polar surface area (TPSA) is 95.2 Å². The minimum absolute atomic E-state index is 0.0212. The van der Waals surface area contributed by atoms with Gasteiger partial charge in [-0.05, 0) is 31.9 Å². The molecule has 1 aromatic carbocycles. The van der Waals surface area contributed by atoms with Crippen molar-refractivity contribution in [2.75, 3.05) is 19.3 Å².